The smallest absolute Gasteiger partial charge is 0.162 e. The van der Waals surface area contributed by atoms with Crippen molar-refractivity contribution in [3.8, 4) is 5.75 Å². The van der Waals surface area contributed by atoms with Gasteiger partial charge in [0.1, 0.15) is 12.4 Å². The maximum absolute atomic E-state index is 14.0. The van der Waals surface area contributed by atoms with Crippen LogP contribution in [0.1, 0.15) is 76.0 Å². The number of hydrogen-bond acceptors (Lipinski definition) is 4. The molecule has 3 aromatic carbocycles. The molecular weight excluding hydrogens is 542 g/mol. The molecule has 1 aliphatic heterocycles. The zero-order valence-electron chi connectivity index (χ0n) is 24.9. The monoisotopic (exact) mass is 579 g/mol. The van der Waals surface area contributed by atoms with Crippen molar-refractivity contribution in [2.45, 2.75) is 72.4 Å². The lowest BCUT2D eigenvalue weighted by atomic mass is 9.63. The standard InChI is InChI=1S/C37H38ClNO3/c1-36(2)18-29-34(31(40)20-36)33(25-14-16-27(17-15-25)42-23-26-12-8-9-13-28(26)38)35-30(19-37(3,4)21-32(35)41)39(29)22-24-10-6-5-7-11-24/h5-17,33H,18-23H2,1-4H3. The Morgan fingerprint density at radius 3 is 1.86 bits per heavy atom. The molecule has 0 aromatic heterocycles. The van der Waals surface area contributed by atoms with Crippen molar-refractivity contribution in [3.05, 3.63) is 123 Å². The fraction of sp³-hybridized carbons (Fsp3) is 0.351. The third-order valence-electron chi connectivity index (χ3n) is 8.77. The lowest BCUT2D eigenvalue weighted by Crippen LogP contribution is -2.44. The molecule has 216 valence electrons. The van der Waals surface area contributed by atoms with Gasteiger partial charge < -0.3 is 9.64 Å². The Labute approximate surface area is 254 Å². The third-order valence-corrected chi connectivity index (χ3v) is 9.14. The van der Waals surface area contributed by atoms with Crippen LogP contribution in [0.2, 0.25) is 5.02 Å². The van der Waals surface area contributed by atoms with Crippen LogP contribution in [0.4, 0.5) is 0 Å². The average molecular weight is 580 g/mol. The maximum Gasteiger partial charge on any atom is 0.162 e. The summed E-state index contributed by atoms with van der Waals surface area (Å²) in [6.07, 6.45) is 2.54. The molecule has 3 aliphatic rings. The van der Waals surface area contributed by atoms with E-state index in [-0.39, 0.29) is 28.3 Å². The molecule has 0 saturated heterocycles. The van der Waals surface area contributed by atoms with Crippen LogP contribution in [-0.4, -0.2) is 16.5 Å². The summed E-state index contributed by atoms with van der Waals surface area (Å²) in [6, 6.07) is 26.0. The molecule has 2 aliphatic carbocycles. The molecule has 3 aromatic rings. The van der Waals surface area contributed by atoms with Crippen LogP contribution >= 0.6 is 11.6 Å². The van der Waals surface area contributed by atoms with Crippen molar-refractivity contribution in [2.24, 2.45) is 10.8 Å². The summed E-state index contributed by atoms with van der Waals surface area (Å²) in [5.41, 5.74) is 6.48. The van der Waals surface area contributed by atoms with Gasteiger partial charge in [-0.3, -0.25) is 9.59 Å². The average Bonchev–Trinajstić information content (AvgIpc) is 2.93. The molecule has 0 unspecified atom stereocenters. The summed E-state index contributed by atoms with van der Waals surface area (Å²) < 4.78 is 6.06. The van der Waals surface area contributed by atoms with Gasteiger partial charge in [-0.1, -0.05) is 100.0 Å². The van der Waals surface area contributed by atoms with Crippen LogP contribution < -0.4 is 4.74 Å². The molecule has 1 heterocycles. The molecule has 6 rings (SSSR count). The van der Waals surface area contributed by atoms with Gasteiger partial charge >= 0.3 is 0 Å². The fourth-order valence-electron chi connectivity index (χ4n) is 6.87. The molecule has 0 N–H and O–H groups in total. The zero-order chi connectivity index (χ0) is 29.6. The van der Waals surface area contributed by atoms with Gasteiger partial charge in [0.2, 0.25) is 0 Å². The number of hydrogen-bond donors (Lipinski definition) is 0. The van der Waals surface area contributed by atoms with Crippen molar-refractivity contribution in [1.29, 1.82) is 0 Å². The first-order valence-electron chi connectivity index (χ1n) is 14.8. The van der Waals surface area contributed by atoms with E-state index in [1.165, 1.54) is 5.56 Å². The second kappa shape index (κ2) is 10.9. The van der Waals surface area contributed by atoms with Gasteiger partial charge in [-0.15, -0.1) is 0 Å². The lowest BCUT2D eigenvalue weighted by Gasteiger charge is -2.49. The van der Waals surface area contributed by atoms with E-state index in [1.54, 1.807) is 0 Å². The minimum Gasteiger partial charge on any atom is -0.489 e. The van der Waals surface area contributed by atoms with E-state index in [9.17, 15) is 9.59 Å². The molecule has 5 heteroatoms. The summed E-state index contributed by atoms with van der Waals surface area (Å²) in [5.74, 6) is 0.641. The molecule has 0 bridgehead atoms. The van der Waals surface area contributed by atoms with Gasteiger partial charge in [-0.25, -0.2) is 0 Å². The highest BCUT2D eigenvalue weighted by atomic mass is 35.5. The number of carbonyl (C=O) groups is 2. The van der Waals surface area contributed by atoms with E-state index in [1.807, 2.05) is 66.7 Å². The number of ether oxygens (including phenoxy) is 1. The van der Waals surface area contributed by atoms with Crippen molar-refractivity contribution in [2.75, 3.05) is 0 Å². The maximum atomic E-state index is 14.0. The van der Waals surface area contributed by atoms with Crippen molar-refractivity contribution < 1.29 is 14.3 Å². The molecule has 0 fully saturated rings. The molecule has 4 nitrogen and oxygen atoms in total. The molecule has 0 radical (unpaired) electrons. The van der Waals surface area contributed by atoms with Crippen molar-refractivity contribution >= 4 is 23.2 Å². The largest absolute Gasteiger partial charge is 0.489 e. The zero-order valence-corrected chi connectivity index (χ0v) is 25.6. The molecular formula is C37H38ClNO3. The second-order valence-corrected chi connectivity index (χ2v) is 14.0. The number of halogens is 1. The molecule has 0 atom stereocenters. The molecule has 0 saturated carbocycles. The van der Waals surface area contributed by atoms with Crippen molar-refractivity contribution in [3.63, 3.8) is 0 Å². The number of Topliss-reactive ketones (excluding diaryl/α,β-unsaturated/α-hetero) is 2. The first-order chi connectivity index (χ1) is 20.0. The number of rotatable bonds is 6. The lowest BCUT2D eigenvalue weighted by molar-refractivity contribution is -0.119. The molecule has 0 amide bonds. The van der Waals surface area contributed by atoms with Crippen LogP contribution in [0, 0.1) is 10.8 Å². The molecule has 0 spiro atoms. The Kier molecular flexibility index (Phi) is 7.39. The van der Waals surface area contributed by atoms with Crippen LogP contribution in [0.25, 0.3) is 0 Å². The van der Waals surface area contributed by atoms with Crippen LogP contribution in [0.5, 0.6) is 5.75 Å². The Morgan fingerprint density at radius 1 is 0.738 bits per heavy atom. The normalized spacial score (nSPS) is 20.0. The van der Waals surface area contributed by atoms with E-state index in [0.29, 0.717) is 31.0 Å². The summed E-state index contributed by atoms with van der Waals surface area (Å²) in [7, 11) is 0. The number of benzene rings is 3. The van der Waals surface area contributed by atoms with Gasteiger partial charge in [-0.05, 0) is 53.0 Å². The quantitative estimate of drug-likeness (QED) is 0.293. The number of nitrogens with zero attached hydrogens (tertiary/aromatic N) is 1. The highest BCUT2D eigenvalue weighted by molar-refractivity contribution is 6.31. The Morgan fingerprint density at radius 2 is 1.29 bits per heavy atom. The van der Waals surface area contributed by atoms with E-state index in [0.717, 1.165) is 52.3 Å². The van der Waals surface area contributed by atoms with E-state index in [2.05, 4.69) is 44.7 Å². The highest BCUT2D eigenvalue weighted by Gasteiger charge is 2.48. The van der Waals surface area contributed by atoms with Gasteiger partial charge in [0.05, 0.1) is 0 Å². The minimum absolute atomic E-state index is 0.146. The summed E-state index contributed by atoms with van der Waals surface area (Å²) >= 11 is 6.32. The fourth-order valence-corrected chi connectivity index (χ4v) is 7.06. The van der Waals surface area contributed by atoms with Gasteiger partial charge in [0.25, 0.3) is 0 Å². The van der Waals surface area contributed by atoms with E-state index >= 15 is 0 Å². The predicted molar refractivity (Wildman–Crippen MR) is 167 cm³/mol. The van der Waals surface area contributed by atoms with Gasteiger partial charge in [-0.2, -0.15) is 0 Å². The van der Waals surface area contributed by atoms with E-state index < -0.39 is 0 Å². The summed E-state index contributed by atoms with van der Waals surface area (Å²) in [5, 5.41) is 0.674. The van der Waals surface area contributed by atoms with Gasteiger partial charge in [0, 0.05) is 58.4 Å². The Balaban J connectivity index is 1.43. The highest BCUT2D eigenvalue weighted by Crippen LogP contribution is 2.54. The number of carbonyl (C=O) groups excluding carboxylic acids is 2. The van der Waals surface area contributed by atoms with E-state index in [4.69, 9.17) is 16.3 Å². The number of ketones is 2. The molecule has 42 heavy (non-hydrogen) atoms. The van der Waals surface area contributed by atoms with Gasteiger partial charge in [0.15, 0.2) is 11.6 Å². The second-order valence-electron chi connectivity index (χ2n) is 13.6. The Bertz CT molecular complexity index is 1540. The summed E-state index contributed by atoms with van der Waals surface area (Å²) in [4.78, 5) is 30.4. The van der Waals surface area contributed by atoms with Crippen molar-refractivity contribution in [1.82, 2.24) is 4.90 Å². The first kappa shape index (κ1) is 28.5. The van der Waals surface area contributed by atoms with Crippen LogP contribution in [0.15, 0.2) is 101 Å². The predicted octanol–water partition coefficient (Wildman–Crippen LogP) is 8.80. The topological polar surface area (TPSA) is 46.6 Å². The number of allylic oxidation sites excluding steroid dienone is 4. The minimum atomic E-state index is -0.369. The van der Waals surface area contributed by atoms with Crippen LogP contribution in [-0.2, 0) is 22.7 Å². The van der Waals surface area contributed by atoms with Crippen LogP contribution in [0.3, 0.4) is 0 Å². The SMILES string of the molecule is CC1(C)CC(=O)C2=C(C1)N(Cc1ccccc1)C1=C(C(=O)CC(C)(C)C1)C2c1ccc(OCc2ccccc2Cl)cc1. The third kappa shape index (κ3) is 5.57. The summed E-state index contributed by atoms with van der Waals surface area (Å²) in [6.45, 7) is 9.71. The first-order valence-corrected chi connectivity index (χ1v) is 15.2. The Hall–Kier alpha value is -3.63.